The molecular formula is C16H17F3N2. The topological polar surface area (TPSA) is 24.9 Å². The van der Waals surface area contributed by atoms with Gasteiger partial charge in [0, 0.05) is 6.20 Å². The fourth-order valence-electron chi connectivity index (χ4n) is 2.10. The van der Waals surface area contributed by atoms with Gasteiger partial charge >= 0.3 is 6.18 Å². The van der Waals surface area contributed by atoms with Gasteiger partial charge in [-0.3, -0.25) is 4.98 Å². The maximum Gasteiger partial charge on any atom is 0.417 e. The minimum atomic E-state index is -4.36. The number of aromatic nitrogens is 1. The number of hydrogen-bond acceptors (Lipinski definition) is 2. The molecule has 1 aromatic heterocycles. The average molecular weight is 294 g/mol. The van der Waals surface area contributed by atoms with Crippen molar-refractivity contribution in [1.82, 2.24) is 10.3 Å². The van der Waals surface area contributed by atoms with Crippen molar-refractivity contribution in [1.29, 1.82) is 0 Å². The lowest BCUT2D eigenvalue weighted by atomic mass is 10.0. The first-order chi connectivity index (χ1) is 9.91. The number of halogens is 3. The van der Waals surface area contributed by atoms with Gasteiger partial charge in [-0.15, -0.1) is 0 Å². The maximum atomic E-state index is 12.6. The van der Waals surface area contributed by atoms with Crippen molar-refractivity contribution in [3.63, 3.8) is 0 Å². The molecule has 0 spiro atoms. The van der Waals surface area contributed by atoms with Crippen LogP contribution in [-0.4, -0.2) is 11.5 Å². The van der Waals surface area contributed by atoms with Crippen LogP contribution in [0.2, 0.25) is 0 Å². The van der Waals surface area contributed by atoms with Crippen LogP contribution in [0.25, 0.3) is 0 Å². The Morgan fingerprint density at radius 1 is 1.10 bits per heavy atom. The Kier molecular flexibility index (Phi) is 4.63. The first-order valence-electron chi connectivity index (χ1n) is 6.75. The minimum Gasteiger partial charge on any atom is -0.305 e. The predicted octanol–water partition coefficient (Wildman–Crippen LogP) is 4.11. The first kappa shape index (κ1) is 15.5. The van der Waals surface area contributed by atoms with E-state index in [1.807, 2.05) is 38.1 Å². The summed E-state index contributed by atoms with van der Waals surface area (Å²) < 4.78 is 37.7. The lowest BCUT2D eigenvalue weighted by Gasteiger charge is -2.18. The monoisotopic (exact) mass is 294 g/mol. The highest BCUT2D eigenvalue weighted by molar-refractivity contribution is 5.31. The Labute approximate surface area is 122 Å². The summed E-state index contributed by atoms with van der Waals surface area (Å²) in [6, 6.07) is 10.2. The molecule has 1 heterocycles. The van der Waals surface area contributed by atoms with E-state index in [4.69, 9.17) is 0 Å². The standard InChI is InChI=1S/C16H17F3N2/c1-3-20-15(12-6-4-11(2)5-7-12)14-9-8-13(10-21-14)16(17,18)19/h4-10,15,20H,3H2,1-2H3. The SMILES string of the molecule is CCNC(c1ccc(C)cc1)c1ccc(C(F)(F)F)cn1. The normalized spacial score (nSPS) is 13.2. The zero-order valence-electron chi connectivity index (χ0n) is 11.9. The third-order valence-electron chi connectivity index (χ3n) is 3.23. The molecule has 1 aromatic carbocycles. The molecule has 0 bridgehead atoms. The Morgan fingerprint density at radius 2 is 1.76 bits per heavy atom. The van der Waals surface area contributed by atoms with Crippen LogP contribution in [-0.2, 0) is 6.18 Å². The first-order valence-corrected chi connectivity index (χ1v) is 6.75. The number of aryl methyl sites for hydroxylation is 1. The summed E-state index contributed by atoms with van der Waals surface area (Å²) in [4.78, 5) is 3.98. The number of rotatable bonds is 4. The van der Waals surface area contributed by atoms with Crippen LogP contribution >= 0.6 is 0 Å². The van der Waals surface area contributed by atoms with Gasteiger partial charge in [-0.1, -0.05) is 36.8 Å². The second kappa shape index (κ2) is 6.26. The molecule has 0 aliphatic carbocycles. The highest BCUT2D eigenvalue weighted by Crippen LogP contribution is 2.29. The highest BCUT2D eigenvalue weighted by atomic mass is 19.4. The molecule has 5 heteroatoms. The molecule has 2 aromatic rings. The number of nitrogens with one attached hydrogen (secondary N) is 1. The smallest absolute Gasteiger partial charge is 0.305 e. The minimum absolute atomic E-state index is 0.210. The van der Waals surface area contributed by atoms with Gasteiger partial charge in [0.2, 0.25) is 0 Å². The third kappa shape index (κ3) is 3.82. The second-order valence-corrected chi connectivity index (χ2v) is 4.87. The molecule has 0 aliphatic heterocycles. The van der Waals surface area contributed by atoms with Gasteiger partial charge < -0.3 is 5.32 Å². The van der Waals surface area contributed by atoms with E-state index in [0.29, 0.717) is 12.2 Å². The van der Waals surface area contributed by atoms with E-state index in [-0.39, 0.29) is 6.04 Å². The fourth-order valence-corrected chi connectivity index (χ4v) is 2.10. The third-order valence-corrected chi connectivity index (χ3v) is 3.23. The Hall–Kier alpha value is -1.88. The van der Waals surface area contributed by atoms with E-state index in [9.17, 15) is 13.2 Å². The number of pyridine rings is 1. The second-order valence-electron chi connectivity index (χ2n) is 4.87. The predicted molar refractivity (Wildman–Crippen MR) is 75.9 cm³/mol. The Balaban J connectivity index is 2.32. The Bertz CT molecular complexity index is 574. The molecule has 0 amide bonds. The van der Waals surface area contributed by atoms with Crippen molar-refractivity contribution in [2.24, 2.45) is 0 Å². The molecular weight excluding hydrogens is 277 g/mol. The van der Waals surface area contributed by atoms with Crippen molar-refractivity contribution in [3.8, 4) is 0 Å². The molecule has 0 fully saturated rings. The van der Waals surface area contributed by atoms with Crippen LogP contribution in [0, 0.1) is 6.92 Å². The molecule has 0 saturated heterocycles. The zero-order valence-corrected chi connectivity index (χ0v) is 11.9. The van der Waals surface area contributed by atoms with Crippen LogP contribution in [0.3, 0.4) is 0 Å². The Morgan fingerprint density at radius 3 is 2.24 bits per heavy atom. The number of alkyl halides is 3. The maximum absolute atomic E-state index is 12.6. The molecule has 112 valence electrons. The van der Waals surface area contributed by atoms with Crippen LogP contribution in [0.15, 0.2) is 42.6 Å². The molecule has 0 saturated carbocycles. The zero-order chi connectivity index (χ0) is 15.5. The van der Waals surface area contributed by atoms with E-state index in [0.717, 1.165) is 23.4 Å². The van der Waals surface area contributed by atoms with Crippen molar-refractivity contribution in [2.75, 3.05) is 6.54 Å². The van der Waals surface area contributed by atoms with Gasteiger partial charge in [-0.2, -0.15) is 13.2 Å². The van der Waals surface area contributed by atoms with Gasteiger partial charge in [0.25, 0.3) is 0 Å². The summed E-state index contributed by atoms with van der Waals surface area (Å²) in [6.07, 6.45) is -3.48. The van der Waals surface area contributed by atoms with Crippen molar-refractivity contribution in [2.45, 2.75) is 26.1 Å². The van der Waals surface area contributed by atoms with Gasteiger partial charge in [-0.05, 0) is 31.2 Å². The van der Waals surface area contributed by atoms with Gasteiger partial charge in [-0.25, -0.2) is 0 Å². The van der Waals surface area contributed by atoms with E-state index in [1.54, 1.807) is 0 Å². The van der Waals surface area contributed by atoms with Crippen molar-refractivity contribution >= 4 is 0 Å². The highest BCUT2D eigenvalue weighted by Gasteiger charge is 2.31. The largest absolute Gasteiger partial charge is 0.417 e. The van der Waals surface area contributed by atoms with Gasteiger partial charge in [0.15, 0.2) is 0 Å². The lowest BCUT2D eigenvalue weighted by Crippen LogP contribution is -2.23. The fraction of sp³-hybridized carbons (Fsp3) is 0.312. The molecule has 2 rings (SSSR count). The van der Waals surface area contributed by atoms with Crippen LogP contribution in [0.1, 0.15) is 35.3 Å². The summed E-state index contributed by atoms with van der Waals surface area (Å²) in [5.74, 6) is 0. The average Bonchev–Trinajstić information content (AvgIpc) is 2.45. The quantitative estimate of drug-likeness (QED) is 0.918. The molecule has 2 nitrogen and oxygen atoms in total. The van der Waals surface area contributed by atoms with E-state index < -0.39 is 11.7 Å². The molecule has 0 radical (unpaired) electrons. The number of benzene rings is 1. The molecule has 1 atom stereocenters. The molecule has 0 aliphatic rings. The summed E-state index contributed by atoms with van der Waals surface area (Å²) in [5, 5.41) is 3.25. The summed E-state index contributed by atoms with van der Waals surface area (Å²) in [5.41, 5.74) is 1.96. The molecule has 1 unspecified atom stereocenters. The van der Waals surface area contributed by atoms with E-state index in [2.05, 4.69) is 10.3 Å². The van der Waals surface area contributed by atoms with Crippen LogP contribution in [0.5, 0.6) is 0 Å². The van der Waals surface area contributed by atoms with Gasteiger partial charge in [0.1, 0.15) is 0 Å². The van der Waals surface area contributed by atoms with E-state index >= 15 is 0 Å². The van der Waals surface area contributed by atoms with Crippen LogP contribution < -0.4 is 5.32 Å². The van der Waals surface area contributed by atoms with Crippen molar-refractivity contribution < 1.29 is 13.2 Å². The lowest BCUT2D eigenvalue weighted by molar-refractivity contribution is -0.137. The summed E-state index contributed by atoms with van der Waals surface area (Å²) in [7, 11) is 0. The van der Waals surface area contributed by atoms with Crippen molar-refractivity contribution in [3.05, 3.63) is 65.0 Å². The number of nitrogens with zero attached hydrogens (tertiary/aromatic N) is 1. The molecule has 21 heavy (non-hydrogen) atoms. The number of hydrogen-bond donors (Lipinski definition) is 1. The van der Waals surface area contributed by atoms with Gasteiger partial charge in [0.05, 0.1) is 17.3 Å². The van der Waals surface area contributed by atoms with E-state index in [1.165, 1.54) is 6.07 Å². The molecule has 1 N–H and O–H groups in total. The summed E-state index contributed by atoms with van der Waals surface area (Å²) in [6.45, 7) is 4.63. The summed E-state index contributed by atoms with van der Waals surface area (Å²) >= 11 is 0. The van der Waals surface area contributed by atoms with Crippen LogP contribution in [0.4, 0.5) is 13.2 Å².